The van der Waals surface area contributed by atoms with Crippen LogP contribution >= 0.6 is 0 Å². The van der Waals surface area contributed by atoms with Crippen molar-refractivity contribution in [2.75, 3.05) is 19.0 Å². The van der Waals surface area contributed by atoms with Crippen LogP contribution in [0.3, 0.4) is 0 Å². The summed E-state index contributed by atoms with van der Waals surface area (Å²) in [6.45, 7) is 4.67. The Hall–Kier alpha value is -3.02. The van der Waals surface area contributed by atoms with Gasteiger partial charge in [-0.3, -0.25) is 9.59 Å². The summed E-state index contributed by atoms with van der Waals surface area (Å²) in [5, 5.41) is 2.76. The van der Waals surface area contributed by atoms with Gasteiger partial charge in [-0.25, -0.2) is 0 Å². The molecule has 6 nitrogen and oxygen atoms in total. The van der Waals surface area contributed by atoms with Crippen LogP contribution in [0.25, 0.3) is 0 Å². The van der Waals surface area contributed by atoms with Crippen molar-refractivity contribution < 1.29 is 19.1 Å². The fraction of sp³-hybridized carbons (Fsp3) is 0.263. The van der Waals surface area contributed by atoms with Crippen LogP contribution in [0, 0.1) is 5.92 Å². The van der Waals surface area contributed by atoms with Gasteiger partial charge >= 0.3 is 0 Å². The number of benzene rings is 2. The van der Waals surface area contributed by atoms with E-state index in [0.717, 1.165) is 0 Å². The number of rotatable bonds is 7. The van der Waals surface area contributed by atoms with Gasteiger partial charge in [-0.2, -0.15) is 0 Å². The summed E-state index contributed by atoms with van der Waals surface area (Å²) in [4.78, 5) is 23.4. The van der Waals surface area contributed by atoms with Crippen molar-refractivity contribution >= 4 is 17.5 Å². The highest BCUT2D eigenvalue weighted by Gasteiger charge is 2.12. The third-order valence-corrected chi connectivity index (χ3v) is 3.43. The average molecular weight is 342 g/mol. The molecule has 3 N–H and O–H groups in total. The Morgan fingerprint density at radius 1 is 1.04 bits per heavy atom. The minimum absolute atomic E-state index is 0.291. The molecule has 0 saturated heterocycles. The number of nitrogens with one attached hydrogen (secondary N) is 1. The second kappa shape index (κ2) is 8.19. The van der Waals surface area contributed by atoms with Gasteiger partial charge in [-0.05, 0) is 48.4 Å². The second-order valence-electron chi connectivity index (χ2n) is 5.97. The molecule has 0 aromatic heterocycles. The van der Waals surface area contributed by atoms with Crippen molar-refractivity contribution in [3.8, 4) is 11.5 Å². The summed E-state index contributed by atoms with van der Waals surface area (Å²) in [5.41, 5.74) is 6.58. The molecule has 0 atom stereocenters. The molecule has 132 valence electrons. The van der Waals surface area contributed by atoms with Crippen LogP contribution in [0.5, 0.6) is 11.5 Å². The van der Waals surface area contributed by atoms with E-state index >= 15 is 0 Å². The van der Waals surface area contributed by atoms with Crippen LogP contribution in [0.4, 0.5) is 5.69 Å². The fourth-order valence-electron chi connectivity index (χ4n) is 2.11. The molecule has 0 bridgehead atoms. The normalized spacial score (nSPS) is 10.4. The number of hydrogen-bond acceptors (Lipinski definition) is 4. The summed E-state index contributed by atoms with van der Waals surface area (Å²) in [5.74, 6) is 0.673. The molecule has 0 aliphatic carbocycles. The van der Waals surface area contributed by atoms with E-state index in [0.29, 0.717) is 40.8 Å². The van der Waals surface area contributed by atoms with Crippen LogP contribution in [0.2, 0.25) is 0 Å². The van der Waals surface area contributed by atoms with Gasteiger partial charge < -0.3 is 20.5 Å². The zero-order valence-electron chi connectivity index (χ0n) is 14.5. The maximum Gasteiger partial charge on any atom is 0.255 e. The standard InChI is InChI=1S/C19H22N2O4/c1-12(2)11-25-16-9-6-14(10-17(16)24-3)19(23)21-15-7-4-13(5-8-15)18(20)22/h4-10,12H,11H2,1-3H3,(H2,20,22)(H,21,23). The van der Waals surface area contributed by atoms with Gasteiger partial charge in [0.15, 0.2) is 11.5 Å². The van der Waals surface area contributed by atoms with E-state index in [9.17, 15) is 9.59 Å². The summed E-state index contributed by atoms with van der Waals surface area (Å²) >= 11 is 0. The first kappa shape index (κ1) is 18.3. The van der Waals surface area contributed by atoms with Gasteiger partial charge in [-0.1, -0.05) is 13.8 Å². The molecule has 0 spiro atoms. The van der Waals surface area contributed by atoms with Gasteiger partial charge in [0.2, 0.25) is 5.91 Å². The number of amides is 2. The molecule has 2 aromatic rings. The first-order valence-electron chi connectivity index (χ1n) is 7.92. The van der Waals surface area contributed by atoms with Crippen molar-refractivity contribution in [1.29, 1.82) is 0 Å². The lowest BCUT2D eigenvalue weighted by Crippen LogP contribution is -2.14. The second-order valence-corrected chi connectivity index (χ2v) is 5.97. The summed E-state index contributed by atoms with van der Waals surface area (Å²) in [7, 11) is 1.53. The van der Waals surface area contributed by atoms with E-state index < -0.39 is 5.91 Å². The van der Waals surface area contributed by atoms with Crippen molar-refractivity contribution in [2.24, 2.45) is 11.7 Å². The predicted octanol–water partition coefficient (Wildman–Crippen LogP) is 3.08. The van der Waals surface area contributed by atoms with Crippen molar-refractivity contribution in [3.63, 3.8) is 0 Å². The maximum absolute atomic E-state index is 12.4. The van der Waals surface area contributed by atoms with Gasteiger partial charge in [0, 0.05) is 16.8 Å². The van der Waals surface area contributed by atoms with E-state index in [1.807, 2.05) is 0 Å². The lowest BCUT2D eigenvalue weighted by atomic mass is 10.1. The minimum Gasteiger partial charge on any atom is -0.493 e. The topological polar surface area (TPSA) is 90.6 Å². The van der Waals surface area contributed by atoms with E-state index in [-0.39, 0.29) is 5.91 Å². The predicted molar refractivity (Wildman–Crippen MR) is 96.2 cm³/mol. The highest BCUT2D eigenvalue weighted by Crippen LogP contribution is 2.28. The van der Waals surface area contributed by atoms with E-state index in [1.165, 1.54) is 7.11 Å². The average Bonchev–Trinajstić information content (AvgIpc) is 2.60. The Labute approximate surface area is 146 Å². The van der Waals surface area contributed by atoms with Crippen LogP contribution in [-0.4, -0.2) is 25.5 Å². The summed E-state index contributed by atoms with van der Waals surface area (Å²) < 4.78 is 11.0. The smallest absolute Gasteiger partial charge is 0.255 e. The number of anilines is 1. The Morgan fingerprint density at radius 2 is 1.68 bits per heavy atom. The molecule has 2 amide bonds. The molecule has 0 fully saturated rings. The molecule has 0 aliphatic heterocycles. The van der Waals surface area contributed by atoms with Crippen molar-refractivity contribution in [3.05, 3.63) is 53.6 Å². The number of carbonyl (C=O) groups is 2. The van der Waals surface area contributed by atoms with Crippen molar-refractivity contribution in [1.82, 2.24) is 0 Å². The molecule has 0 radical (unpaired) electrons. The van der Waals surface area contributed by atoms with Crippen LogP contribution in [-0.2, 0) is 0 Å². The lowest BCUT2D eigenvalue weighted by Gasteiger charge is -2.13. The van der Waals surface area contributed by atoms with Gasteiger partial charge in [-0.15, -0.1) is 0 Å². The first-order valence-corrected chi connectivity index (χ1v) is 7.92. The van der Waals surface area contributed by atoms with Gasteiger partial charge in [0.1, 0.15) is 0 Å². The zero-order valence-corrected chi connectivity index (χ0v) is 14.5. The molecule has 0 aliphatic rings. The first-order chi connectivity index (χ1) is 11.9. The Kier molecular flexibility index (Phi) is 6.00. The Bertz CT molecular complexity index is 755. The van der Waals surface area contributed by atoms with E-state index in [1.54, 1.807) is 42.5 Å². The minimum atomic E-state index is -0.514. The fourth-order valence-corrected chi connectivity index (χ4v) is 2.11. The molecular weight excluding hydrogens is 320 g/mol. The maximum atomic E-state index is 12.4. The number of primary amides is 1. The molecule has 0 heterocycles. The summed E-state index contributed by atoms with van der Waals surface area (Å²) in [6.07, 6.45) is 0. The molecule has 6 heteroatoms. The summed E-state index contributed by atoms with van der Waals surface area (Å²) in [6, 6.07) is 11.4. The van der Waals surface area contributed by atoms with E-state index in [4.69, 9.17) is 15.2 Å². The van der Waals surface area contributed by atoms with E-state index in [2.05, 4.69) is 19.2 Å². The molecule has 0 saturated carbocycles. The molecule has 0 unspecified atom stereocenters. The van der Waals surface area contributed by atoms with Gasteiger partial charge in [0.25, 0.3) is 5.91 Å². The number of hydrogen-bond donors (Lipinski definition) is 2. The highest BCUT2D eigenvalue weighted by atomic mass is 16.5. The van der Waals surface area contributed by atoms with Crippen LogP contribution < -0.4 is 20.5 Å². The molecule has 25 heavy (non-hydrogen) atoms. The number of ether oxygens (including phenoxy) is 2. The third kappa shape index (κ3) is 4.97. The zero-order chi connectivity index (χ0) is 18.4. The molecule has 2 aromatic carbocycles. The Balaban J connectivity index is 2.11. The third-order valence-electron chi connectivity index (χ3n) is 3.43. The highest BCUT2D eigenvalue weighted by molar-refractivity contribution is 6.05. The van der Waals surface area contributed by atoms with Crippen LogP contribution in [0.15, 0.2) is 42.5 Å². The monoisotopic (exact) mass is 342 g/mol. The number of methoxy groups -OCH3 is 1. The molecule has 2 rings (SSSR count). The van der Waals surface area contributed by atoms with Crippen LogP contribution in [0.1, 0.15) is 34.6 Å². The van der Waals surface area contributed by atoms with Crippen molar-refractivity contribution in [2.45, 2.75) is 13.8 Å². The van der Waals surface area contributed by atoms with Gasteiger partial charge in [0.05, 0.1) is 13.7 Å². The number of nitrogens with two attached hydrogens (primary N) is 1. The lowest BCUT2D eigenvalue weighted by molar-refractivity contribution is 0.0998. The number of carbonyl (C=O) groups excluding carboxylic acids is 2. The molecular formula is C19H22N2O4. The Morgan fingerprint density at radius 3 is 2.24 bits per heavy atom. The SMILES string of the molecule is COc1cc(C(=O)Nc2ccc(C(N)=O)cc2)ccc1OCC(C)C. The quantitative estimate of drug-likeness (QED) is 0.809. The largest absolute Gasteiger partial charge is 0.493 e.